The molecule has 0 radical (unpaired) electrons. The molecule has 8 heteroatoms. The van der Waals surface area contributed by atoms with Crippen molar-refractivity contribution in [1.82, 2.24) is 10.3 Å². The zero-order chi connectivity index (χ0) is 14.5. The van der Waals surface area contributed by atoms with Crippen LogP contribution < -0.4 is 5.32 Å². The Morgan fingerprint density at radius 3 is 2.47 bits per heavy atom. The predicted molar refractivity (Wildman–Crippen MR) is 58.8 cm³/mol. The molecule has 0 spiro atoms. The second kappa shape index (κ2) is 6.17. The van der Waals surface area contributed by atoms with Gasteiger partial charge in [0.05, 0.1) is 5.56 Å². The average Bonchev–Trinajstić information content (AvgIpc) is 2.33. The normalized spacial score (nSPS) is 11.1. The summed E-state index contributed by atoms with van der Waals surface area (Å²) in [4.78, 5) is 25.6. The van der Waals surface area contributed by atoms with Crippen molar-refractivity contribution in [2.24, 2.45) is 0 Å². The van der Waals surface area contributed by atoms with E-state index in [1.54, 1.807) is 0 Å². The third kappa shape index (κ3) is 5.36. The molecule has 1 aromatic heterocycles. The number of amides is 1. The van der Waals surface area contributed by atoms with Gasteiger partial charge in [0.15, 0.2) is 0 Å². The lowest BCUT2D eigenvalue weighted by Crippen LogP contribution is -2.26. The van der Waals surface area contributed by atoms with E-state index >= 15 is 0 Å². The number of alkyl halides is 3. The number of hydrogen-bond acceptors (Lipinski definition) is 3. The Labute approximate surface area is 106 Å². The Morgan fingerprint density at radius 2 is 2.00 bits per heavy atom. The molecule has 1 amide bonds. The Balaban J connectivity index is 2.43. The first-order valence-corrected chi connectivity index (χ1v) is 5.34. The molecule has 0 bridgehead atoms. The molecule has 0 atom stereocenters. The zero-order valence-corrected chi connectivity index (χ0v) is 9.70. The van der Waals surface area contributed by atoms with Crippen molar-refractivity contribution < 1.29 is 27.9 Å². The maximum Gasteiger partial charge on any atom is 0.389 e. The quantitative estimate of drug-likeness (QED) is 0.804. The monoisotopic (exact) mass is 276 g/mol. The molecular formula is C11H11F3N2O3. The number of pyridine rings is 1. The van der Waals surface area contributed by atoms with Crippen LogP contribution in [0.25, 0.3) is 0 Å². The Bertz CT molecular complexity index is 457. The van der Waals surface area contributed by atoms with Gasteiger partial charge in [0.25, 0.3) is 5.91 Å². The van der Waals surface area contributed by atoms with Gasteiger partial charge in [-0.2, -0.15) is 13.2 Å². The highest BCUT2D eigenvalue weighted by molar-refractivity contribution is 5.93. The summed E-state index contributed by atoms with van der Waals surface area (Å²) in [5, 5.41) is 10.9. The summed E-state index contributed by atoms with van der Waals surface area (Å²) in [6.45, 7) is -0.124. The molecule has 0 aromatic carbocycles. The molecule has 0 saturated carbocycles. The molecule has 0 saturated heterocycles. The maximum absolute atomic E-state index is 11.8. The lowest BCUT2D eigenvalue weighted by Gasteiger charge is -2.07. The van der Waals surface area contributed by atoms with E-state index in [0.29, 0.717) is 0 Å². The van der Waals surface area contributed by atoms with Crippen LogP contribution in [0.5, 0.6) is 0 Å². The van der Waals surface area contributed by atoms with Crippen molar-refractivity contribution in [1.29, 1.82) is 0 Å². The fraction of sp³-hybridized carbons (Fsp3) is 0.364. The average molecular weight is 276 g/mol. The number of nitrogens with zero attached hydrogens (tertiary/aromatic N) is 1. The van der Waals surface area contributed by atoms with Crippen LogP contribution in [-0.4, -0.2) is 34.7 Å². The number of nitrogens with one attached hydrogen (secondary N) is 1. The lowest BCUT2D eigenvalue weighted by molar-refractivity contribution is -0.135. The first kappa shape index (κ1) is 14.9. The first-order valence-electron chi connectivity index (χ1n) is 5.34. The van der Waals surface area contributed by atoms with Crippen LogP contribution in [0.3, 0.4) is 0 Å². The lowest BCUT2D eigenvalue weighted by atomic mass is 10.2. The van der Waals surface area contributed by atoms with E-state index in [9.17, 15) is 22.8 Å². The Kier molecular flexibility index (Phi) is 4.85. The van der Waals surface area contributed by atoms with Gasteiger partial charge in [0.2, 0.25) is 0 Å². The minimum atomic E-state index is -4.24. The van der Waals surface area contributed by atoms with Crippen molar-refractivity contribution in [3.63, 3.8) is 0 Å². The second-order valence-electron chi connectivity index (χ2n) is 3.71. The number of halogens is 3. The summed E-state index contributed by atoms with van der Waals surface area (Å²) < 4.78 is 35.5. The Morgan fingerprint density at radius 1 is 1.32 bits per heavy atom. The molecule has 1 rings (SSSR count). The molecule has 0 aliphatic rings. The van der Waals surface area contributed by atoms with E-state index in [-0.39, 0.29) is 24.2 Å². The highest BCUT2D eigenvalue weighted by Gasteiger charge is 2.26. The Hall–Kier alpha value is -2.12. The molecular weight excluding hydrogens is 265 g/mol. The van der Waals surface area contributed by atoms with E-state index in [1.807, 2.05) is 0 Å². The van der Waals surface area contributed by atoms with E-state index in [2.05, 4.69) is 10.3 Å². The van der Waals surface area contributed by atoms with Crippen molar-refractivity contribution in [3.05, 3.63) is 29.6 Å². The number of aromatic nitrogens is 1. The zero-order valence-electron chi connectivity index (χ0n) is 9.70. The molecule has 1 heterocycles. The largest absolute Gasteiger partial charge is 0.478 e. The molecule has 0 unspecified atom stereocenters. The van der Waals surface area contributed by atoms with E-state index in [4.69, 9.17) is 5.11 Å². The smallest absolute Gasteiger partial charge is 0.389 e. The van der Waals surface area contributed by atoms with E-state index in [0.717, 1.165) is 6.20 Å². The van der Waals surface area contributed by atoms with Crippen molar-refractivity contribution in [3.8, 4) is 0 Å². The fourth-order valence-electron chi connectivity index (χ4n) is 1.24. The molecule has 0 fully saturated rings. The van der Waals surface area contributed by atoms with Crippen LogP contribution >= 0.6 is 0 Å². The van der Waals surface area contributed by atoms with Gasteiger partial charge >= 0.3 is 12.1 Å². The highest BCUT2D eigenvalue weighted by atomic mass is 19.4. The van der Waals surface area contributed by atoms with Gasteiger partial charge in [0.1, 0.15) is 5.69 Å². The summed E-state index contributed by atoms with van der Waals surface area (Å²) in [6, 6.07) is 2.39. The molecule has 1 aromatic rings. The van der Waals surface area contributed by atoms with Crippen LogP contribution in [-0.2, 0) is 0 Å². The van der Waals surface area contributed by atoms with Crippen LogP contribution in [0.2, 0.25) is 0 Å². The topological polar surface area (TPSA) is 79.3 Å². The van der Waals surface area contributed by atoms with Gasteiger partial charge in [-0.05, 0) is 18.6 Å². The number of rotatable bonds is 5. The third-order valence-corrected chi connectivity index (χ3v) is 2.17. The standard InChI is InChI=1S/C11H11F3N2O3/c12-11(13,14)4-1-5-15-9(17)8-3-2-7(6-16-8)10(18)19/h2-3,6H,1,4-5H2,(H,15,17)(H,18,19). The van der Waals surface area contributed by atoms with Crippen LogP contribution in [0.4, 0.5) is 13.2 Å². The molecule has 0 aliphatic heterocycles. The third-order valence-electron chi connectivity index (χ3n) is 2.17. The van der Waals surface area contributed by atoms with Gasteiger partial charge in [-0.15, -0.1) is 0 Å². The summed E-state index contributed by atoms with van der Waals surface area (Å²) in [5.74, 6) is -1.82. The van der Waals surface area contributed by atoms with Gasteiger partial charge in [0, 0.05) is 19.2 Å². The van der Waals surface area contributed by atoms with Gasteiger partial charge in [-0.3, -0.25) is 9.78 Å². The summed E-state index contributed by atoms with van der Waals surface area (Å²) in [5.41, 5.74) is -0.120. The van der Waals surface area contributed by atoms with E-state index < -0.39 is 24.5 Å². The number of carbonyl (C=O) groups is 2. The number of carboxylic acids is 1. The number of carbonyl (C=O) groups excluding carboxylic acids is 1. The van der Waals surface area contributed by atoms with Crippen molar-refractivity contribution in [2.75, 3.05) is 6.54 Å². The van der Waals surface area contributed by atoms with Gasteiger partial charge < -0.3 is 10.4 Å². The summed E-state index contributed by atoms with van der Waals surface area (Å²) >= 11 is 0. The number of hydrogen-bond donors (Lipinski definition) is 2. The van der Waals surface area contributed by atoms with Gasteiger partial charge in [-0.1, -0.05) is 0 Å². The van der Waals surface area contributed by atoms with Crippen molar-refractivity contribution in [2.45, 2.75) is 19.0 Å². The highest BCUT2D eigenvalue weighted by Crippen LogP contribution is 2.20. The van der Waals surface area contributed by atoms with Crippen LogP contribution in [0.15, 0.2) is 18.3 Å². The predicted octanol–water partition coefficient (Wildman–Crippen LogP) is 1.85. The minimum absolute atomic E-state index is 0.0444. The summed E-state index contributed by atoms with van der Waals surface area (Å²) in [7, 11) is 0. The summed E-state index contributed by atoms with van der Waals surface area (Å²) in [6.07, 6.45) is -4.43. The molecule has 19 heavy (non-hydrogen) atoms. The number of carboxylic acid groups (broad SMARTS) is 1. The maximum atomic E-state index is 11.8. The first-order chi connectivity index (χ1) is 8.79. The molecule has 0 aliphatic carbocycles. The molecule has 5 nitrogen and oxygen atoms in total. The van der Waals surface area contributed by atoms with E-state index in [1.165, 1.54) is 12.1 Å². The second-order valence-corrected chi connectivity index (χ2v) is 3.71. The fourth-order valence-corrected chi connectivity index (χ4v) is 1.24. The SMILES string of the molecule is O=C(O)c1ccc(C(=O)NCCCC(F)(F)F)nc1. The minimum Gasteiger partial charge on any atom is -0.478 e. The van der Waals surface area contributed by atoms with Crippen molar-refractivity contribution >= 4 is 11.9 Å². The molecule has 104 valence electrons. The molecule has 2 N–H and O–H groups in total. The number of aromatic carboxylic acids is 1. The van der Waals surface area contributed by atoms with Crippen LogP contribution in [0, 0.1) is 0 Å². The van der Waals surface area contributed by atoms with Crippen LogP contribution in [0.1, 0.15) is 33.7 Å². The van der Waals surface area contributed by atoms with Gasteiger partial charge in [-0.25, -0.2) is 4.79 Å².